The van der Waals surface area contributed by atoms with Crippen molar-refractivity contribution in [2.45, 2.75) is 52.0 Å². The van der Waals surface area contributed by atoms with Crippen LogP contribution in [0.4, 0.5) is 5.82 Å². The van der Waals surface area contributed by atoms with E-state index < -0.39 is 0 Å². The minimum Gasteiger partial charge on any atom is -0.383 e. The van der Waals surface area contributed by atoms with Gasteiger partial charge in [0.25, 0.3) is 0 Å². The molecule has 0 bridgehead atoms. The highest BCUT2D eigenvalue weighted by atomic mass is 15.1. The Bertz CT molecular complexity index is 592. The van der Waals surface area contributed by atoms with Crippen molar-refractivity contribution in [3.05, 3.63) is 36.2 Å². The number of anilines is 1. The fourth-order valence-electron chi connectivity index (χ4n) is 3.34. The summed E-state index contributed by atoms with van der Waals surface area (Å²) in [7, 11) is 0. The fourth-order valence-corrected chi connectivity index (χ4v) is 3.34. The number of benzene rings is 1. The van der Waals surface area contributed by atoms with E-state index in [-0.39, 0.29) is 0 Å². The van der Waals surface area contributed by atoms with Crippen LogP contribution in [0.2, 0.25) is 0 Å². The van der Waals surface area contributed by atoms with Crippen molar-refractivity contribution < 1.29 is 0 Å². The first-order valence-corrected chi connectivity index (χ1v) is 8.08. The lowest BCUT2D eigenvalue weighted by Crippen LogP contribution is -2.13. The number of nitrogens with two attached hydrogens (primary N) is 1. The van der Waals surface area contributed by atoms with Crippen molar-refractivity contribution in [2.24, 2.45) is 5.92 Å². The monoisotopic (exact) mass is 283 g/mol. The van der Waals surface area contributed by atoms with E-state index >= 15 is 0 Å². The van der Waals surface area contributed by atoms with Gasteiger partial charge in [-0.15, -0.1) is 0 Å². The van der Waals surface area contributed by atoms with E-state index in [1.54, 1.807) is 0 Å². The smallest absolute Gasteiger partial charge is 0.131 e. The summed E-state index contributed by atoms with van der Waals surface area (Å²) >= 11 is 0. The van der Waals surface area contributed by atoms with Gasteiger partial charge in [0.2, 0.25) is 0 Å². The van der Waals surface area contributed by atoms with E-state index in [0.29, 0.717) is 11.8 Å². The summed E-state index contributed by atoms with van der Waals surface area (Å²) in [4.78, 5) is 4.95. The minimum atomic E-state index is 0.574. The Hall–Kier alpha value is -1.77. The number of nitrogen functional groups attached to an aromatic ring is 1. The van der Waals surface area contributed by atoms with Gasteiger partial charge in [0.05, 0.1) is 0 Å². The summed E-state index contributed by atoms with van der Waals surface area (Å²) in [5.41, 5.74) is 8.53. The lowest BCUT2D eigenvalue weighted by atomic mass is 10.1. The molecule has 1 saturated carbocycles. The molecular formula is C18H25N3. The topological polar surface area (TPSA) is 43.8 Å². The zero-order chi connectivity index (χ0) is 14.8. The van der Waals surface area contributed by atoms with Gasteiger partial charge in [-0.1, -0.05) is 57.0 Å². The van der Waals surface area contributed by atoms with Crippen LogP contribution in [-0.4, -0.2) is 9.55 Å². The van der Waals surface area contributed by atoms with Gasteiger partial charge in [-0.25, -0.2) is 4.98 Å². The van der Waals surface area contributed by atoms with Crippen LogP contribution in [0.1, 0.15) is 51.3 Å². The molecule has 0 saturated heterocycles. The predicted molar refractivity (Wildman–Crippen MR) is 88.1 cm³/mol. The van der Waals surface area contributed by atoms with Gasteiger partial charge >= 0.3 is 0 Å². The predicted octanol–water partition coefficient (Wildman–Crippen LogP) is 4.45. The Morgan fingerprint density at radius 1 is 1.19 bits per heavy atom. The van der Waals surface area contributed by atoms with Crippen molar-refractivity contribution in [1.29, 1.82) is 0 Å². The second kappa shape index (κ2) is 5.92. The van der Waals surface area contributed by atoms with Crippen LogP contribution in [0, 0.1) is 5.92 Å². The summed E-state index contributed by atoms with van der Waals surface area (Å²) in [6.07, 6.45) is 5.14. The first-order valence-electron chi connectivity index (χ1n) is 8.08. The van der Waals surface area contributed by atoms with Crippen LogP contribution in [0.25, 0.3) is 11.3 Å². The normalized spacial score (nSPS) is 16.0. The van der Waals surface area contributed by atoms with Gasteiger partial charge < -0.3 is 10.3 Å². The van der Waals surface area contributed by atoms with E-state index in [1.807, 2.05) is 18.2 Å². The summed E-state index contributed by atoms with van der Waals surface area (Å²) in [5.74, 6) is 3.20. The molecule has 1 aliphatic rings. The van der Waals surface area contributed by atoms with Crippen molar-refractivity contribution >= 4 is 5.82 Å². The third-order valence-electron chi connectivity index (χ3n) is 4.35. The molecule has 0 radical (unpaired) electrons. The average molecular weight is 283 g/mol. The SMILES string of the molecule is CC(C)Cn1c(C2CCCC2)nc(-c2ccccc2)c1N. The highest BCUT2D eigenvalue weighted by Gasteiger charge is 2.25. The molecule has 0 atom stereocenters. The average Bonchev–Trinajstić information content (AvgIpc) is 3.09. The Balaban J connectivity index is 2.05. The highest BCUT2D eigenvalue weighted by molar-refractivity contribution is 5.71. The molecule has 3 heteroatoms. The van der Waals surface area contributed by atoms with Gasteiger partial charge in [0.15, 0.2) is 0 Å². The number of aromatic nitrogens is 2. The number of rotatable bonds is 4. The first kappa shape index (κ1) is 14.2. The Morgan fingerprint density at radius 2 is 1.86 bits per heavy atom. The molecule has 1 aromatic heterocycles. The van der Waals surface area contributed by atoms with Gasteiger partial charge in [-0.3, -0.25) is 0 Å². The molecule has 1 fully saturated rings. The van der Waals surface area contributed by atoms with Crippen LogP contribution in [-0.2, 0) is 6.54 Å². The Labute approximate surface area is 127 Å². The molecule has 21 heavy (non-hydrogen) atoms. The minimum absolute atomic E-state index is 0.574. The Morgan fingerprint density at radius 3 is 2.48 bits per heavy atom. The summed E-state index contributed by atoms with van der Waals surface area (Å²) < 4.78 is 2.27. The summed E-state index contributed by atoms with van der Waals surface area (Å²) in [6, 6.07) is 10.3. The van der Waals surface area contributed by atoms with Crippen molar-refractivity contribution in [3.8, 4) is 11.3 Å². The van der Waals surface area contributed by atoms with E-state index in [9.17, 15) is 0 Å². The standard InChI is InChI=1S/C18H25N3/c1-13(2)12-21-17(19)16(14-8-4-3-5-9-14)20-18(21)15-10-6-7-11-15/h3-5,8-9,13,15H,6-7,10-12,19H2,1-2H3. The molecule has 1 heterocycles. The van der Waals surface area contributed by atoms with E-state index in [4.69, 9.17) is 10.7 Å². The van der Waals surface area contributed by atoms with Gasteiger partial charge in [0, 0.05) is 18.0 Å². The maximum atomic E-state index is 6.45. The molecule has 3 nitrogen and oxygen atoms in total. The number of imidazole rings is 1. The van der Waals surface area contributed by atoms with Crippen LogP contribution in [0.5, 0.6) is 0 Å². The van der Waals surface area contributed by atoms with Gasteiger partial charge in [0.1, 0.15) is 17.3 Å². The first-order chi connectivity index (χ1) is 10.2. The molecule has 2 N–H and O–H groups in total. The maximum Gasteiger partial charge on any atom is 0.131 e. The molecule has 0 amide bonds. The Kier molecular flexibility index (Phi) is 4.00. The lowest BCUT2D eigenvalue weighted by Gasteiger charge is -2.15. The molecule has 0 spiro atoms. The van der Waals surface area contributed by atoms with Crippen molar-refractivity contribution in [2.75, 3.05) is 5.73 Å². The molecule has 3 rings (SSSR count). The van der Waals surface area contributed by atoms with E-state index in [1.165, 1.54) is 31.5 Å². The van der Waals surface area contributed by atoms with Crippen molar-refractivity contribution in [3.63, 3.8) is 0 Å². The van der Waals surface area contributed by atoms with Crippen molar-refractivity contribution in [1.82, 2.24) is 9.55 Å². The van der Waals surface area contributed by atoms with Crippen LogP contribution in [0.3, 0.4) is 0 Å². The highest BCUT2D eigenvalue weighted by Crippen LogP contribution is 2.37. The largest absolute Gasteiger partial charge is 0.383 e. The molecule has 1 aromatic carbocycles. The van der Waals surface area contributed by atoms with E-state index in [0.717, 1.165) is 23.6 Å². The fraction of sp³-hybridized carbons (Fsp3) is 0.500. The molecule has 1 aliphatic carbocycles. The second-order valence-corrected chi connectivity index (χ2v) is 6.56. The zero-order valence-electron chi connectivity index (χ0n) is 13.0. The van der Waals surface area contributed by atoms with Crippen LogP contribution >= 0.6 is 0 Å². The number of nitrogens with zero attached hydrogens (tertiary/aromatic N) is 2. The third-order valence-corrected chi connectivity index (χ3v) is 4.35. The quantitative estimate of drug-likeness (QED) is 0.901. The van der Waals surface area contributed by atoms with Crippen LogP contribution in [0.15, 0.2) is 30.3 Å². The molecule has 2 aromatic rings. The maximum absolute atomic E-state index is 6.45. The third kappa shape index (κ3) is 2.82. The van der Waals surface area contributed by atoms with Gasteiger partial charge in [-0.05, 0) is 18.8 Å². The molecule has 0 aliphatic heterocycles. The number of hydrogen-bond donors (Lipinski definition) is 1. The second-order valence-electron chi connectivity index (χ2n) is 6.56. The lowest BCUT2D eigenvalue weighted by molar-refractivity contribution is 0.492. The molecule has 0 unspecified atom stereocenters. The number of hydrogen-bond acceptors (Lipinski definition) is 2. The summed E-state index contributed by atoms with van der Waals surface area (Å²) in [5, 5.41) is 0. The van der Waals surface area contributed by atoms with Gasteiger partial charge in [-0.2, -0.15) is 0 Å². The molecule has 112 valence electrons. The van der Waals surface area contributed by atoms with Crippen LogP contribution < -0.4 is 5.73 Å². The van der Waals surface area contributed by atoms with E-state index in [2.05, 4.69) is 30.5 Å². The molecular weight excluding hydrogens is 258 g/mol. The zero-order valence-corrected chi connectivity index (χ0v) is 13.0. The summed E-state index contributed by atoms with van der Waals surface area (Å²) in [6.45, 7) is 5.43.